The Labute approximate surface area is 131 Å². The molecule has 1 aromatic carbocycles. The molecule has 0 aliphatic rings. The number of amides is 1. The Bertz CT molecular complexity index is 597. The van der Waals surface area contributed by atoms with E-state index >= 15 is 0 Å². The number of hydrogen-bond acceptors (Lipinski definition) is 3. The molecule has 0 fully saturated rings. The zero-order valence-electron chi connectivity index (χ0n) is 11.4. The molecule has 0 unspecified atom stereocenters. The van der Waals surface area contributed by atoms with Crippen molar-refractivity contribution in [3.8, 4) is 5.75 Å². The fourth-order valence-electron chi connectivity index (χ4n) is 1.85. The summed E-state index contributed by atoms with van der Waals surface area (Å²) in [6, 6.07) is 9.65. The predicted octanol–water partition coefficient (Wildman–Crippen LogP) is 3.72. The van der Waals surface area contributed by atoms with Crippen molar-refractivity contribution in [2.24, 2.45) is 0 Å². The van der Waals surface area contributed by atoms with E-state index in [-0.39, 0.29) is 5.91 Å². The molecule has 1 heterocycles. The molecule has 0 radical (unpaired) electrons. The van der Waals surface area contributed by atoms with Gasteiger partial charge >= 0.3 is 0 Å². The molecule has 0 atom stereocenters. The number of likely N-dealkylation sites (N-methyl/N-ethyl adjacent to an activating group) is 1. The molecule has 3 nitrogen and oxygen atoms in total. The van der Waals surface area contributed by atoms with Crippen molar-refractivity contribution in [1.82, 2.24) is 4.90 Å². The summed E-state index contributed by atoms with van der Waals surface area (Å²) in [6.45, 7) is 0.638. The molecule has 2 rings (SSSR count). The number of thiophene rings is 1. The van der Waals surface area contributed by atoms with E-state index in [4.69, 9.17) is 4.74 Å². The van der Waals surface area contributed by atoms with Crippen LogP contribution in [0.25, 0.3) is 0 Å². The molecular formula is C15H16BrNO2S. The van der Waals surface area contributed by atoms with Gasteiger partial charge in [0, 0.05) is 21.8 Å². The maximum atomic E-state index is 12.2. The zero-order valence-corrected chi connectivity index (χ0v) is 13.8. The predicted molar refractivity (Wildman–Crippen MR) is 85.2 cm³/mol. The molecule has 0 aliphatic carbocycles. The molecular weight excluding hydrogens is 338 g/mol. The van der Waals surface area contributed by atoms with Crippen LogP contribution in [0.2, 0.25) is 0 Å². The summed E-state index contributed by atoms with van der Waals surface area (Å²) in [4.78, 5) is 15.1. The Morgan fingerprint density at radius 1 is 1.40 bits per heavy atom. The topological polar surface area (TPSA) is 29.5 Å². The lowest BCUT2D eigenvalue weighted by molar-refractivity contribution is -0.129. The fourth-order valence-corrected chi connectivity index (χ4v) is 3.35. The first kappa shape index (κ1) is 15.1. The average molecular weight is 354 g/mol. The van der Waals surface area contributed by atoms with Crippen molar-refractivity contribution in [3.63, 3.8) is 0 Å². The van der Waals surface area contributed by atoms with Crippen LogP contribution in [0.5, 0.6) is 5.75 Å². The molecule has 0 spiro atoms. The van der Waals surface area contributed by atoms with Crippen LogP contribution in [-0.4, -0.2) is 25.0 Å². The van der Waals surface area contributed by atoms with Gasteiger partial charge in [0.15, 0.2) is 0 Å². The summed E-state index contributed by atoms with van der Waals surface area (Å²) < 4.78 is 6.23. The van der Waals surface area contributed by atoms with Crippen molar-refractivity contribution < 1.29 is 9.53 Å². The number of carbonyl (C=O) groups is 1. The van der Waals surface area contributed by atoms with Crippen LogP contribution in [0.15, 0.2) is 40.2 Å². The number of methoxy groups -OCH3 is 1. The van der Waals surface area contributed by atoms with E-state index in [9.17, 15) is 4.79 Å². The highest BCUT2D eigenvalue weighted by Crippen LogP contribution is 2.21. The van der Waals surface area contributed by atoms with Crippen molar-refractivity contribution in [2.75, 3.05) is 14.2 Å². The second-order valence-corrected chi connectivity index (χ2v) is 6.42. The van der Waals surface area contributed by atoms with Gasteiger partial charge in [0.25, 0.3) is 0 Å². The van der Waals surface area contributed by atoms with Crippen LogP contribution in [0, 0.1) is 0 Å². The Morgan fingerprint density at radius 2 is 2.20 bits per heavy atom. The van der Waals surface area contributed by atoms with Crippen molar-refractivity contribution in [2.45, 2.75) is 13.0 Å². The van der Waals surface area contributed by atoms with Crippen LogP contribution in [0.4, 0.5) is 0 Å². The largest absolute Gasteiger partial charge is 0.497 e. The Balaban J connectivity index is 1.96. The molecule has 0 N–H and O–H groups in total. The number of ether oxygens (including phenoxy) is 1. The van der Waals surface area contributed by atoms with Crippen molar-refractivity contribution >= 4 is 33.2 Å². The molecule has 0 saturated heterocycles. The number of benzene rings is 1. The smallest absolute Gasteiger partial charge is 0.227 e. The SMILES string of the molecule is COc1cccc(CC(=O)N(C)Cc2cc(Br)cs2)c1. The first-order valence-electron chi connectivity index (χ1n) is 6.18. The standard InChI is InChI=1S/C15H16BrNO2S/c1-17(9-14-8-12(16)10-20-14)15(18)7-11-4-3-5-13(6-11)19-2/h3-6,8,10H,7,9H2,1-2H3. The molecule has 0 bridgehead atoms. The average Bonchev–Trinajstić information content (AvgIpc) is 2.84. The van der Waals surface area contributed by atoms with Crippen LogP contribution < -0.4 is 4.74 Å². The molecule has 1 aromatic heterocycles. The third-order valence-corrected chi connectivity index (χ3v) is 4.61. The summed E-state index contributed by atoms with van der Waals surface area (Å²) in [6.07, 6.45) is 0.389. The summed E-state index contributed by atoms with van der Waals surface area (Å²) in [5, 5.41) is 2.02. The highest BCUT2D eigenvalue weighted by Gasteiger charge is 2.11. The van der Waals surface area contributed by atoms with E-state index in [1.54, 1.807) is 23.3 Å². The molecule has 5 heteroatoms. The van der Waals surface area contributed by atoms with Gasteiger partial charge in [0.1, 0.15) is 5.75 Å². The number of halogens is 1. The second kappa shape index (κ2) is 6.90. The van der Waals surface area contributed by atoms with Crippen LogP contribution in [-0.2, 0) is 17.8 Å². The Kier molecular flexibility index (Phi) is 5.20. The van der Waals surface area contributed by atoms with Gasteiger partial charge in [-0.05, 0) is 39.7 Å². The van der Waals surface area contributed by atoms with Gasteiger partial charge in [-0.3, -0.25) is 4.79 Å². The molecule has 2 aromatic rings. The lowest BCUT2D eigenvalue weighted by atomic mass is 10.1. The van der Waals surface area contributed by atoms with Gasteiger partial charge in [-0.25, -0.2) is 0 Å². The zero-order chi connectivity index (χ0) is 14.5. The molecule has 0 aliphatic heterocycles. The van der Waals surface area contributed by atoms with Crippen molar-refractivity contribution in [3.05, 3.63) is 50.6 Å². The maximum Gasteiger partial charge on any atom is 0.227 e. The minimum absolute atomic E-state index is 0.0998. The fraction of sp³-hybridized carbons (Fsp3) is 0.267. The normalized spacial score (nSPS) is 10.3. The number of rotatable bonds is 5. The lowest BCUT2D eigenvalue weighted by Crippen LogP contribution is -2.27. The first-order valence-corrected chi connectivity index (χ1v) is 7.85. The third kappa shape index (κ3) is 4.08. The monoisotopic (exact) mass is 353 g/mol. The third-order valence-electron chi connectivity index (χ3n) is 2.93. The van der Waals surface area contributed by atoms with Crippen LogP contribution in [0.1, 0.15) is 10.4 Å². The molecule has 1 amide bonds. The lowest BCUT2D eigenvalue weighted by Gasteiger charge is -2.16. The quantitative estimate of drug-likeness (QED) is 0.819. The van der Waals surface area contributed by atoms with Crippen molar-refractivity contribution in [1.29, 1.82) is 0 Å². The van der Waals surface area contributed by atoms with Gasteiger partial charge in [-0.2, -0.15) is 0 Å². The van der Waals surface area contributed by atoms with E-state index in [2.05, 4.69) is 15.9 Å². The highest BCUT2D eigenvalue weighted by molar-refractivity contribution is 9.10. The van der Waals surface area contributed by atoms with E-state index in [1.807, 2.05) is 42.8 Å². The van der Waals surface area contributed by atoms with E-state index in [1.165, 1.54) is 4.88 Å². The van der Waals surface area contributed by atoms with E-state index in [0.717, 1.165) is 15.8 Å². The van der Waals surface area contributed by atoms with Crippen LogP contribution in [0.3, 0.4) is 0 Å². The van der Waals surface area contributed by atoms with Gasteiger partial charge in [0.05, 0.1) is 20.1 Å². The van der Waals surface area contributed by atoms with E-state index in [0.29, 0.717) is 13.0 Å². The number of nitrogens with zero attached hydrogens (tertiary/aromatic N) is 1. The van der Waals surface area contributed by atoms with Gasteiger partial charge in [0.2, 0.25) is 5.91 Å². The Hall–Kier alpha value is -1.33. The second-order valence-electron chi connectivity index (χ2n) is 4.51. The minimum atomic E-state index is 0.0998. The molecule has 106 valence electrons. The van der Waals surface area contributed by atoms with Gasteiger partial charge in [-0.15, -0.1) is 11.3 Å². The summed E-state index contributed by atoms with van der Waals surface area (Å²) >= 11 is 5.07. The number of hydrogen-bond donors (Lipinski definition) is 0. The number of carbonyl (C=O) groups excluding carboxylic acids is 1. The van der Waals surface area contributed by atoms with Gasteiger partial charge < -0.3 is 9.64 Å². The van der Waals surface area contributed by atoms with Crippen LogP contribution >= 0.6 is 27.3 Å². The minimum Gasteiger partial charge on any atom is -0.497 e. The highest BCUT2D eigenvalue weighted by atomic mass is 79.9. The maximum absolute atomic E-state index is 12.2. The molecule has 0 saturated carbocycles. The van der Waals surface area contributed by atoms with Gasteiger partial charge in [-0.1, -0.05) is 12.1 Å². The summed E-state index contributed by atoms with van der Waals surface area (Å²) in [5.74, 6) is 0.878. The summed E-state index contributed by atoms with van der Waals surface area (Å²) in [5.41, 5.74) is 0.966. The van der Waals surface area contributed by atoms with E-state index < -0.39 is 0 Å². The summed E-state index contributed by atoms with van der Waals surface area (Å²) in [7, 11) is 3.46. The molecule has 20 heavy (non-hydrogen) atoms. The first-order chi connectivity index (χ1) is 9.58. The Morgan fingerprint density at radius 3 is 2.85 bits per heavy atom.